The molecule has 1 aromatic heterocycles. The second-order valence-corrected chi connectivity index (χ2v) is 7.30. The molecule has 0 spiro atoms. The van der Waals surface area contributed by atoms with Gasteiger partial charge in [-0.2, -0.15) is 0 Å². The molecule has 0 radical (unpaired) electrons. The molecule has 0 fully saturated rings. The number of halogens is 2. The van der Waals surface area contributed by atoms with Crippen molar-refractivity contribution in [1.29, 1.82) is 0 Å². The third kappa shape index (κ3) is 3.35. The van der Waals surface area contributed by atoms with Crippen LogP contribution in [0.3, 0.4) is 0 Å². The highest BCUT2D eigenvalue weighted by Gasteiger charge is 2.32. The fourth-order valence-electron chi connectivity index (χ4n) is 3.61. The number of benzene rings is 2. The molecular formula is C20H17Cl2N3O. The van der Waals surface area contributed by atoms with Crippen LogP contribution in [0.1, 0.15) is 40.0 Å². The monoisotopic (exact) mass is 385 g/mol. The first-order valence-corrected chi connectivity index (χ1v) is 9.19. The van der Waals surface area contributed by atoms with Crippen LogP contribution in [0.5, 0.6) is 0 Å². The number of hydrogen-bond acceptors (Lipinski definition) is 2. The van der Waals surface area contributed by atoms with Crippen molar-refractivity contribution in [3.8, 4) is 0 Å². The first-order valence-electron chi connectivity index (χ1n) is 8.44. The zero-order valence-electron chi connectivity index (χ0n) is 13.9. The Morgan fingerprint density at radius 1 is 1.15 bits per heavy atom. The molecule has 1 N–H and O–H groups in total. The Kier molecular flexibility index (Phi) is 4.70. The first kappa shape index (κ1) is 17.1. The lowest BCUT2D eigenvalue weighted by atomic mass is 9.83. The van der Waals surface area contributed by atoms with Gasteiger partial charge in [0.25, 0.3) is 5.91 Å². The minimum atomic E-state index is -0.193. The number of hydrogen-bond donors (Lipinski definition) is 1. The van der Waals surface area contributed by atoms with Gasteiger partial charge in [0.2, 0.25) is 0 Å². The number of aromatic nitrogens is 2. The summed E-state index contributed by atoms with van der Waals surface area (Å²) < 4.78 is 2.06. The average Bonchev–Trinajstić information content (AvgIpc) is 3.15. The van der Waals surface area contributed by atoms with Crippen molar-refractivity contribution in [1.82, 2.24) is 14.9 Å². The fourth-order valence-corrected chi connectivity index (χ4v) is 4.14. The lowest BCUT2D eigenvalue weighted by molar-refractivity contribution is 0.0918. The van der Waals surface area contributed by atoms with E-state index in [2.05, 4.69) is 27.0 Å². The summed E-state index contributed by atoms with van der Waals surface area (Å²) >= 11 is 12.1. The maximum Gasteiger partial charge on any atom is 0.251 e. The van der Waals surface area contributed by atoms with Gasteiger partial charge >= 0.3 is 0 Å². The summed E-state index contributed by atoms with van der Waals surface area (Å²) in [4.78, 5) is 17.1. The van der Waals surface area contributed by atoms with Crippen molar-refractivity contribution in [2.75, 3.05) is 0 Å². The molecule has 2 aromatic carbocycles. The van der Waals surface area contributed by atoms with Gasteiger partial charge in [-0.25, -0.2) is 4.98 Å². The Bertz CT molecular complexity index is 920. The number of amides is 1. The van der Waals surface area contributed by atoms with E-state index in [4.69, 9.17) is 23.2 Å². The molecule has 1 amide bonds. The lowest BCUT2D eigenvalue weighted by Crippen LogP contribution is -2.37. The van der Waals surface area contributed by atoms with E-state index in [1.165, 1.54) is 5.56 Å². The Morgan fingerprint density at radius 3 is 2.65 bits per heavy atom. The molecule has 132 valence electrons. The van der Waals surface area contributed by atoms with Crippen molar-refractivity contribution < 1.29 is 4.79 Å². The van der Waals surface area contributed by atoms with Crippen LogP contribution in [0.25, 0.3) is 0 Å². The van der Waals surface area contributed by atoms with Gasteiger partial charge in [-0.15, -0.1) is 0 Å². The molecule has 3 aromatic rings. The average molecular weight is 386 g/mol. The zero-order valence-corrected chi connectivity index (χ0v) is 15.4. The molecule has 26 heavy (non-hydrogen) atoms. The topological polar surface area (TPSA) is 46.9 Å². The molecule has 6 heteroatoms. The molecule has 0 unspecified atom stereocenters. The predicted octanol–water partition coefficient (Wildman–Crippen LogP) is 4.85. The fraction of sp³-hybridized carbons (Fsp3) is 0.200. The van der Waals surface area contributed by atoms with E-state index in [-0.39, 0.29) is 18.0 Å². The summed E-state index contributed by atoms with van der Waals surface area (Å²) in [6.45, 7) is 0. The number of nitrogens with zero attached hydrogens (tertiary/aromatic N) is 2. The van der Waals surface area contributed by atoms with Crippen LogP contribution in [-0.4, -0.2) is 15.5 Å². The van der Waals surface area contributed by atoms with E-state index in [0.29, 0.717) is 15.6 Å². The standard InChI is InChI=1S/C20H17Cl2N3O/c21-15-9-14(10-16(22)11-15)20(26)24-19-17-4-2-1-3-13(17)5-6-18(19)25-8-7-23-12-25/h1-4,7-12,18-19H,5-6H2,(H,24,26)/t18-,19-/m1/s1. The molecule has 1 aliphatic rings. The number of aryl methyl sites for hydroxylation is 1. The van der Waals surface area contributed by atoms with Gasteiger partial charge in [-0.1, -0.05) is 47.5 Å². The van der Waals surface area contributed by atoms with Crippen molar-refractivity contribution in [2.24, 2.45) is 0 Å². The van der Waals surface area contributed by atoms with Crippen molar-refractivity contribution in [2.45, 2.75) is 24.9 Å². The van der Waals surface area contributed by atoms with Crippen LogP contribution in [0, 0.1) is 0 Å². The minimum Gasteiger partial charge on any atom is -0.343 e. The van der Waals surface area contributed by atoms with Crippen molar-refractivity contribution >= 4 is 29.1 Å². The number of fused-ring (bicyclic) bond motifs is 1. The van der Waals surface area contributed by atoms with Gasteiger partial charge in [0, 0.05) is 28.0 Å². The Balaban J connectivity index is 1.69. The Hall–Kier alpha value is -2.30. The van der Waals surface area contributed by atoms with E-state index in [1.54, 1.807) is 30.7 Å². The normalized spacial score (nSPS) is 19.0. The van der Waals surface area contributed by atoms with Gasteiger partial charge in [0.1, 0.15) is 0 Å². The van der Waals surface area contributed by atoms with E-state index in [0.717, 1.165) is 18.4 Å². The smallest absolute Gasteiger partial charge is 0.251 e. The van der Waals surface area contributed by atoms with Gasteiger partial charge in [-0.05, 0) is 42.2 Å². The molecule has 4 nitrogen and oxygen atoms in total. The molecule has 0 saturated carbocycles. The summed E-state index contributed by atoms with van der Waals surface area (Å²) in [5, 5.41) is 4.06. The molecular weight excluding hydrogens is 369 g/mol. The number of carbonyl (C=O) groups is 1. The molecule has 4 rings (SSSR count). The second-order valence-electron chi connectivity index (χ2n) is 6.42. The summed E-state index contributed by atoms with van der Waals surface area (Å²) in [6.07, 6.45) is 7.39. The van der Waals surface area contributed by atoms with E-state index in [1.807, 2.05) is 18.3 Å². The number of rotatable bonds is 3. The van der Waals surface area contributed by atoms with Gasteiger partial charge in [0.15, 0.2) is 0 Å². The van der Waals surface area contributed by atoms with Crippen molar-refractivity contribution in [3.05, 3.63) is 87.9 Å². The Labute approximate surface area is 161 Å². The van der Waals surface area contributed by atoms with Gasteiger partial charge < -0.3 is 9.88 Å². The lowest BCUT2D eigenvalue weighted by Gasteiger charge is -2.35. The summed E-state index contributed by atoms with van der Waals surface area (Å²) in [6, 6.07) is 13.1. The van der Waals surface area contributed by atoms with Crippen LogP contribution >= 0.6 is 23.2 Å². The van der Waals surface area contributed by atoms with E-state index in [9.17, 15) is 4.79 Å². The SMILES string of the molecule is O=C(N[C@@H]1c2ccccc2CC[C@H]1n1ccnc1)c1cc(Cl)cc(Cl)c1. The highest BCUT2D eigenvalue weighted by molar-refractivity contribution is 6.35. The van der Waals surface area contributed by atoms with E-state index < -0.39 is 0 Å². The molecule has 0 bridgehead atoms. The molecule has 2 atom stereocenters. The quantitative estimate of drug-likeness (QED) is 0.700. The third-order valence-electron chi connectivity index (χ3n) is 4.80. The maximum atomic E-state index is 12.9. The Morgan fingerprint density at radius 2 is 1.92 bits per heavy atom. The predicted molar refractivity (Wildman–Crippen MR) is 103 cm³/mol. The summed E-state index contributed by atoms with van der Waals surface area (Å²) in [5.41, 5.74) is 2.85. The molecule has 0 aliphatic heterocycles. The third-order valence-corrected chi connectivity index (χ3v) is 5.24. The van der Waals surface area contributed by atoms with Crippen LogP contribution < -0.4 is 5.32 Å². The number of carbonyl (C=O) groups excluding carboxylic acids is 1. The number of imidazole rings is 1. The van der Waals surface area contributed by atoms with Crippen LogP contribution in [-0.2, 0) is 6.42 Å². The van der Waals surface area contributed by atoms with Crippen LogP contribution in [0.4, 0.5) is 0 Å². The van der Waals surface area contributed by atoms with Gasteiger partial charge in [0.05, 0.1) is 18.4 Å². The second kappa shape index (κ2) is 7.14. The first-order chi connectivity index (χ1) is 12.6. The summed E-state index contributed by atoms with van der Waals surface area (Å²) in [5.74, 6) is -0.193. The zero-order chi connectivity index (χ0) is 18.1. The van der Waals surface area contributed by atoms with Crippen LogP contribution in [0.2, 0.25) is 10.0 Å². The number of nitrogens with one attached hydrogen (secondary N) is 1. The van der Waals surface area contributed by atoms with Crippen LogP contribution in [0.15, 0.2) is 61.2 Å². The van der Waals surface area contributed by atoms with Crippen molar-refractivity contribution in [3.63, 3.8) is 0 Å². The molecule has 1 aliphatic carbocycles. The van der Waals surface area contributed by atoms with E-state index >= 15 is 0 Å². The summed E-state index contributed by atoms with van der Waals surface area (Å²) in [7, 11) is 0. The largest absolute Gasteiger partial charge is 0.343 e. The minimum absolute atomic E-state index is 0.103. The molecule has 0 saturated heterocycles. The highest BCUT2D eigenvalue weighted by atomic mass is 35.5. The maximum absolute atomic E-state index is 12.9. The highest BCUT2D eigenvalue weighted by Crippen LogP contribution is 2.37. The van der Waals surface area contributed by atoms with Gasteiger partial charge in [-0.3, -0.25) is 4.79 Å². The molecule has 1 heterocycles.